The van der Waals surface area contributed by atoms with Crippen LogP contribution in [-0.2, 0) is 17.6 Å². The highest BCUT2D eigenvalue weighted by molar-refractivity contribution is 5.66. The Morgan fingerprint density at radius 2 is 1.78 bits per heavy atom. The van der Waals surface area contributed by atoms with Gasteiger partial charge >= 0.3 is 5.97 Å². The van der Waals surface area contributed by atoms with Crippen molar-refractivity contribution >= 4 is 11.8 Å². The number of nitrogens with one attached hydrogen (secondary N) is 1. The summed E-state index contributed by atoms with van der Waals surface area (Å²) in [6.07, 6.45) is 15.2. The highest BCUT2D eigenvalue weighted by Crippen LogP contribution is 2.20. The standard InChI is InChI=1S/C17H26N2O2.C4H4N2/c20-16(21)10-6-4-2-1-3-5-9-15-12-11-14-8-7-13-18-17(14)19-15;1-2-5-4-6-3-1/h11-12H,1-10,13H2,(H,18,19)(H,20,21);1-4H. The number of fused-ring (bicyclic) bond motifs is 1. The first-order valence-corrected chi connectivity index (χ1v) is 9.90. The van der Waals surface area contributed by atoms with Gasteiger partial charge < -0.3 is 10.4 Å². The van der Waals surface area contributed by atoms with Crippen molar-refractivity contribution in [2.75, 3.05) is 11.9 Å². The van der Waals surface area contributed by atoms with Crippen LogP contribution in [0.15, 0.2) is 36.9 Å². The number of nitrogens with zero attached hydrogens (tertiary/aromatic N) is 3. The molecule has 0 radical (unpaired) electrons. The zero-order valence-electron chi connectivity index (χ0n) is 15.9. The smallest absolute Gasteiger partial charge is 0.303 e. The van der Waals surface area contributed by atoms with Gasteiger partial charge in [-0.05, 0) is 49.8 Å². The third-order valence-electron chi connectivity index (χ3n) is 4.50. The second-order valence-corrected chi connectivity index (χ2v) is 6.76. The van der Waals surface area contributed by atoms with E-state index in [-0.39, 0.29) is 0 Å². The molecule has 0 aliphatic carbocycles. The number of hydrogen-bond acceptors (Lipinski definition) is 5. The summed E-state index contributed by atoms with van der Waals surface area (Å²) in [7, 11) is 0. The van der Waals surface area contributed by atoms with Crippen molar-refractivity contribution in [1.82, 2.24) is 15.0 Å². The molecular formula is C21H30N4O2. The van der Waals surface area contributed by atoms with E-state index < -0.39 is 5.97 Å². The van der Waals surface area contributed by atoms with Gasteiger partial charge in [0, 0.05) is 31.1 Å². The van der Waals surface area contributed by atoms with E-state index in [2.05, 4.69) is 27.4 Å². The maximum absolute atomic E-state index is 10.4. The molecule has 1 aliphatic heterocycles. The molecule has 2 N–H and O–H groups in total. The minimum Gasteiger partial charge on any atom is -0.481 e. The van der Waals surface area contributed by atoms with Crippen LogP contribution < -0.4 is 5.32 Å². The average Bonchev–Trinajstić information content (AvgIpc) is 2.71. The molecule has 0 saturated heterocycles. The fraction of sp³-hybridized carbons (Fsp3) is 0.524. The molecule has 0 amide bonds. The van der Waals surface area contributed by atoms with E-state index >= 15 is 0 Å². The van der Waals surface area contributed by atoms with Gasteiger partial charge in [0.05, 0.1) is 0 Å². The summed E-state index contributed by atoms with van der Waals surface area (Å²) in [4.78, 5) is 22.4. The fourth-order valence-corrected chi connectivity index (χ4v) is 3.05. The van der Waals surface area contributed by atoms with Crippen molar-refractivity contribution in [3.8, 4) is 0 Å². The fourth-order valence-electron chi connectivity index (χ4n) is 3.05. The molecule has 0 aromatic carbocycles. The largest absolute Gasteiger partial charge is 0.481 e. The van der Waals surface area contributed by atoms with Gasteiger partial charge in [-0.3, -0.25) is 4.79 Å². The quantitative estimate of drug-likeness (QED) is 0.641. The molecule has 0 saturated carbocycles. The third kappa shape index (κ3) is 9.13. The van der Waals surface area contributed by atoms with Crippen molar-refractivity contribution in [1.29, 1.82) is 0 Å². The number of carboxylic acid groups (broad SMARTS) is 1. The third-order valence-corrected chi connectivity index (χ3v) is 4.50. The van der Waals surface area contributed by atoms with E-state index in [9.17, 15) is 4.79 Å². The highest BCUT2D eigenvalue weighted by Gasteiger charge is 2.09. The summed E-state index contributed by atoms with van der Waals surface area (Å²) < 4.78 is 0. The zero-order valence-corrected chi connectivity index (χ0v) is 15.9. The molecular weight excluding hydrogens is 340 g/mol. The van der Waals surface area contributed by atoms with Gasteiger partial charge in [-0.15, -0.1) is 0 Å². The van der Waals surface area contributed by atoms with Crippen molar-refractivity contribution in [2.24, 2.45) is 0 Å². The number of carboxylic acids is 1. The summed E-state index contributed by atoms with van der Waals surface area (Å²) in [5.41, 5.74) is 2.54. The number of unbranched alkanes of at least 4 members (excludes halogenated alkanes) is 5. The Kier molecular flexibility index (Phi) is 9.86. The van der Waals surface area contributed by atoms with Crippen LogP contribution >= 0.6 is 0 Å². The molecule has 6 heteroatoms. The Morgan fingerprint density at radius 1 is 1.04 bits per heavy atom. The van der Waals surface area contributed by atoms with E-state index in [1.54, 1.807) is 18.5 Å². The first-order valence-electron chi connectivity index (χ1n) is 9.90. The molecule has 2 aromatic rings. The molecule has 2 aromatic heterocycles. The SMILES string of the molecule is O=C(O)CCCCCCCCc1ccc2c(n1)NCCC2.c1cncnc1. The monoisotopic (exact) mass is 370 g/mol. The normalized spacial score (nSPS) is 12.3. The predicted octanol–water partition coefficient (Wildman–Crippen LogP) is 4.27. The van der Waals surface area contributed by atoms with E-state index in [4.69, 9.17) is 10.1 Å². The van der Waals surface area contributed by atoms with E-state index in [0.717, 1.165) is 44.5 Å². The molecule has 1 aliphatic rings. The number of aliphatic carboxylic acids is 1. The Labute approximate surface area is 161 Å². The molecule has 0 spiro atoms. The van der Waals surface area contributed by atoms with Crippen LogP contribution in [0.5, 0.6) is 0 Å². The van der Waals surface area contributed by atoms with Crippen molar-refractivity contribution in [2.45, 2.75) is 64.2 Å². The highest BCUT2D eigenvalue weighted by atomic mass is 16.4. The molecule has 0 bridgehead atoms. The summed E-state index contributed by atoms with van der Waals surface area (Å²) in [5, 5.41) is 11.9. The van der Waals surface area contributed by atoms with Gasteiger partial charge in [-0.1, -0.05) is 31.7 Å². The second-order valence-electron chi connectivity index (χ2n) is 6.76. The van der Waals surface area contributed by atoms with Crippen LogP contribution in [0.3, 0.4) is 0 Å². The minimum absolute atomic E-state index is 0.312. The lowest BCUT2D eigenvalue weighted by Crippen LogP contribution is -2.13. The Morgan fingerprint density at radius 3 is 2.44 bits per heavy atom. The van der Waals surface area contributed by atoms with Gasteiger partial charge in [-0.2, -0.15) is 0 Å². The van der Waals surface area contributed by atoms with E-state index in [1.165, 1.54) is 43.3 Å². The van der Waals surface area contributed by atoms with Crippen LogP contribution in [0.25, 0.3) is 0 Å². The summed E-state index contributed by atoms with van der Waals surface area (Å²) >= 11 is 0. The lowest BCUT2D eigenvalue weighted by Gasteiger charge is -2.17. The molecule has 0 atom stereocenters. The zero-order chi connectivity index (χ0) is 19.2. The number of rotatable bonds is 9. The average molecular weight is 370 g/mol. The molecule has 6 nitrogen and oxygen atoms in total. The molecule has 27 heavy (non-hydrogen) atoms. The number of carbonyl (C=O) groups is 1. The van der Waals surface area contributed by atoms with Gasteiger partial charge in [0.1, 0.15) is 12.1 Å². The lowest BCUT2D eigenvalue weighted by molar-refractivity contribution is -0.137. The Bertz CT molecular complexity index is 638. The minimum atomic E-state index is -0.679. The van der Waals surface area contributed by atoms with Crippen LogP contribution in [-0.4, -0.2) is 32.6 Å². The number of aromatic nitrogens is 3. The molecule has 3 rings (SSSR count). The van der Waals surface area contributed by atoms with Gasteiger partial charge in [0.15, 0.2) is 0 Å². The van der Waals surface area contributed by atoms with Gasteiger partial charge in [0.2, 0.25) is 0 Å². The first kappa shape index (κ1) is 20.8. The summed E-state index contributed by atoms with van der Waals surface area (Å²) in [6.45, 7) is 1.04. The molecule has 146 valence electrons. The molecule has 3 heterocycles. The van der Waals surface area contributed by atoms with Gasteiger partial charge in [0.25, 0.3) is 0 Å². The molecule has 0 fully saturated rings. The van der Waals surface area contributed by atoms with Crippen molar-refractivity contribution in [3.63, 3.8) is 0 Å². The van der Waals surface area contributed by atoms with Crippen LogP contribution in [0.4, 0.5) is 5.82 Å². The number of hydrogen-bond donors (Lipinski definition) is 2. The van der Waals surface area contributed by atoms with E-state index in [0.29, 0.717) is 6.42 Å². The summed E-state index contributed by atoms with van der Waals surface area (Å²) in [6, 6.07) is 6.16. The van der Waals surface area contributed by atoms with Crippen LogP contribution in [0, 0.1) is 0 Å². The van der Waals surface area contributed by atoms with Crippen molar-refractivity contribution in [3.05, 3.63) is 48.2 Å². The summed E-state index contributed by atoms with van der Waals surface area (Å²) in [5.74, 6) is 0.412. The maximum atomic E-state index is 10.4. The number of anilines is 1. The Balaban J connectivity index is 0.000000369. The number of pyridine rings is 1. The van der Waals surface area contributed by atoms with Crippen LogP contribution in [0.1, 0.15) is 62.6 Å². The molecule has 0 unspecified atom stereocenters. The number of aryl methyl sites for hydroxylation is 2. The maximum Gasteiger partial charge on any atom is 0.303 e. The first-order chi connectivity index (χ1) is 13.3. The second kappa shape index (κ2) is 12.8. The topological polar surface area (TPSA) is 88.0 Å². The Hall–Kier alpha value is -2.50. The van der Waals surface area contributed by atoms with Gasteiger partial charge in [-0.25, -0.2) is 15.0 Å². The van der Waals surface area contributed by atoms with Crippen LogP contribution in [0.2, 0.25) is 0 Å². The predicted molar refractivity (Wildman–Crippen MR) is 107 cm³/mol. The van der Waals surface area contributed by atoms with E-state index in [1.807, 2.05) is 0 Å². The van der Waals surface area contributed by atoms with Crippen molar-refractivity contribution < 1.29 is 9.90 Å². The lowest BCUT2D eigenvalue weighted by atomic mass is 10.0.